The number of ether oxygens (including phenoxy) is 1. The molecular formula is C25H23Cl3N2O3. The van der Waals surface area contributed by atoms with E-state index < -0.39 is 6.04 Å². The average molecular weight is 506 g/mol. The first kappa shape index (κ1) is 24.9. The van der Waals surface area contributed by atoms with Crippen LogP contribution in [0.5, 0.6) is 5.75 Å². The Morgan fingerprint density at radius 3 is 2.06 bits per heavy atom. The Morgan fingerprint density at radius 1 is 0.879 bits per heavy atom. The molecule has 0 saturated carbocycles. The average Bonchev–Trinajstić information content (AvgIpc) is 2.82. The molecule has 0 saturated heterocycles. The molecule has 0 aliphatic carbocycles. The number of carbonyl (C=O) groups excluding carboxylic acids is 2. The minimum absolute atomic E-state index is 0.220. The van der Waals surface area contributed by atoms with Crippen LogP contribution in [0.25, 0.3) is 0 Å². The molecule has 0 spiro atoms. The minimum atomic E-state index is -0.740. The van der Waals surface area contributed by atoms with Crippen molar-refractivity contribution in [3.63, 3.8) is 0 Å². The van der Waals surface area contributed by atoms with Crippen molar-refractivity contribution in [3.8, 4) is 5.75 Å². The van der Waals surface area contributed by atoms with Gasteiger partial charge in [0.1, 0.15) is 11.8 Å². The Morgan fingerprint density at radius 2 is 1.45 bits per heavy atom. The Hall–Kier alpha value is -2.73. The van der Waals surface area contributed by atoms with E-state index in [1.165, 1.54) is 4.90 Å². The van der Waals surface area contributed by atoms with Crippen molar-refractivity contribution in [1.82, 2.24) is 10.2 Å². The quantitative estimate of drug-likeness (QED) is 0.402. The van der Waals surface area contributed by atoms with E-state index in [0.29, 0.717) is 27.4 Å². The molecule has 1 atom stereocenters. The summed E-state index contributed by atoms with van der Waals surface area (Å²) < 4.78 is 5.62. The number of benzene rings is 3. The van der Waals surface area contributed by atoms with Gasteiger partial charge < -0.3 is 15.0 Å². The van der Waals surface area contributed by atoms with Crippen molar-refractivity contribution in [2.45, 2.75) is 26.1 Å². The van der Waals surface area contributed by atoms with Crippen molar-refractivity contribution >= 4 is 46.6 Å². The molecule has 33 heavy (non-hydrogen) atoms. The van der Waals surface area contributed by atoms with Crippen LogP contribution < -0.4 is 10.1 Å². The van der Waals surface area contributed by atoms with Crippen molar-refractivity contribution < 1.29 is 14.3 Å². The number of hydrogen-bond donors (Lipinski definition) is 1. The fraction of sp³-hybridized carbons (Fsp3) is 0.200. The van der Waals surface area contributed by atoms with Crippen molar-refractivity contribution in [3.05, 3.63) is 99.0 Å². The normalized spacial score (nSPS) is 11.5. The molecular weight excluding hydrogens is 483 g/mol. The summed E-state index contributed by atoms with van der Waals surface area (Å²) in [6.45, 7) is 1.96. The summed E-state index contributed by atoms with van der Waals surface area (Å²) in [5.41, 5.74) is 1.74. The van der Waals surface area contributed by atoms with E-state index in [0.717, 1.165) is 11.1 Å². The van der Waals surface area contributed by atoms with Crippen molar-refractivity contribution in [1.29, 1.82) is 0 Å². The van der Waals surface area contributed by atoms with Crippen LogP contribution in [0.1, 0.15) is 18.1 Å². The van der Waals surface area contributed by atoms with Gasteiger partial charge in [-0.3, -0.25) is 9.59 Å². The molecule has 0 heterocycles. The summed E-state index contributed by atoms with van der Waals surface area (Å²) in [6, 6.07) is 20.5. The Kier molecular flexibility index (Phi) is 9.01. The number of nitrogens with one attached hydrogen (secondary N) is 1. The van der Waals surface area contributed by atoms with Crippen LogP contribution >= 0.6 is 34.8 Å². The smallest absolute Gasteiger partial charge is 0.261 e. The summed E-state index contributed by atoms with van der Waals surface area (Å²) in [4.78, 5) is 27.5. The molecule has 1 N–H and O–H groups in total. The molecule has 0 aliphatic heterocycles. The molecule has 2 amide bonds. The molecule has 0 bridgehead atoms. The van der Waals surface area contributed by atoms with E-state index >= 15 is 0 Å². The summed E-state index contributed by atoms with van der Waals surface area (Å²) in [5, 5.41) is 4.49. The van der Waals surface area contributed by atoms with E-state index in [1.54, 1.807) is 55.5 Å². The fourth-order valence-electron chi connectivity index (χ4n) is 3.09. The third kappa shape index (κ3) is 7.39. The number of amides is 2. The summed E-state index contributed by atoms with van der Waals surface area (Å²) >= 11 is 18.0. The first-order valence-electron chi connectivity index (χ1n) is 10.3. The van der Waals surface area contributed by atoms with E-state index in [2.05, 4.69) is 5.32 Å². The van der Waals surface area contributed by atoms with Gasteiger partial charge >= 0.3 is 0 Å². The zero-order valence-electron chi connectivity index (χ0n) is 17.9. The molecule has 0 aromatic heterocycles. The van der Waals surface area contributed by atoms with Gasteiger partial charge in [0.2, 0.25) is 5.91 Å². The van der Waals surface area contributed by atoms with E-state index in [1.807, 2.05) is 24.3 Å². The second kappa shape index (κ2) is 11.9. The van der Waals surface area contributed by atoms with Crippen LogP contribution in [0.2, 0.25) is 15.1 Å². The zero-order chi connectivity index (χ0) is 23.8. The third-order valence-corrected chi connectivity index (χ3v) is 5.82. The highest BCUT2D eigenvalue weighted by atomic mass is 35.5. The lowest BCUT2D eigenvalue weighted by Gasteiger charge is -2.29. The minimum Gasteiger partial charge on any atom is -0.482 e. The number of rotatable bonds is 9. The van der Waals surface area contributed by atoms with Crippen LogP contribution in [-0.2, 0) is 22.7 Å². The van der Waals surface area contributed by atoms with Gasteiger partial charge in [0, 0.05) is 23.1 Å². The highest BCUT2D eigenvalue weighted by Crippen LogP contribution is 2.23. The van der Waals surface area contributed by atoms with Crippen molar-refractivity contribution in [2.24, 2.45) is 0 Å². The fourth-order valence-corrected chi connectivity index (χ4v) is 3.53. The highest BCUT2D eigenvalue weighted by molar-refractivity contribution is 6.32. The molecule has 172 valence electrons. The molecule has 0 radical (unpaired) electrons. The lowest BCUT2D eigenvalue weighted by Crippen LogP contribution is -2.48. The third-order valence-electron chi connectivity index (χ3n) is 5.00. The standard InChI is InChI=1S/C25H23Cl3N2O3/c1-17(25(32)29-14-18-6-10-20(26)11-7-18)30(15-19-8-12-21(27)13-9-19)24(31)16-33-23-5-3-2-4-22(23)28/h2-13,17H,14-16H2,1H3,(H,29,32)/t17-/m0/s1. The summed E-state index contributed by atoms with van der Waals surface area (Å²) in [7, 11) is 0. The number of hydrogen-bond acceptors (Lipinski definition) is 3. The van der Waals surface area contributed by atoms with Gasteiger partial charge in [-0.05, 0) is 54.4 Å². The van der Waals surface area contributed by atoms with Crippen LogP contribution in [0.4, 0.5) is 0 Å². The van der Waals surface area contributed by atoms with Gasteiger partial charge in [0.15, 0.2) is 6.61 Å². The lowest BCUT2D eigenvalue weighted by molar-refractivity contribution is -0.142. The zero-order valence-corrected chi connectivity index (χ0v) is 20.2. The SMILES string of the molecule is C[C@@H](C(=O)NCc1ccc(Cl)cc1)N(Cc1ccc(Cl)cc1)C(=O)COc1ccccc1Cl. The maximum atomic E-state index is 13.1. The largest absolute Gasteiger partial charge is 0.482 e. The van der Waals surface area contributed by atoms with Crippen LogP contribution in [0.15, 0.2) is 72.8 Å². The lowest BCUT2D eigenvalue weighted by atomic mass is 10.1. The Bertz CT molecular complexity index is 1090. The van der Waals surface area contributed by atoms with Crippen molar-refractivity contribution in [2.75, 3.05) is 6.61 Å². The highest BCUT2D eigenvalue weighted by Gasteiger charge is 2.26. The molecule has 3 rings (SSSR count). The predicted octanol–water partition coefficient (Wildman–Crippen LogP) is 5.76. The van der Waals surface area contributed by atoms with Gasteiger partial charge in [0.25, 0.3) is 5.91 Å². The first-order valence-corrected chi connectivity index (χ1v) is 11.4. The van der Waals surface area contributed by atoms with E-state index in [9.17, 15) is 9.59 Å². The van der Waals surface area contributed by atoms with Gasteiger partial charge in [-0.25, -0.2) is 0 Å². The first-order chi connectivity index (χ1) is 15.8. The second-order valence-corrected chi connectivity index (χ2v) is 8.67. The van der Waals surface area contributed by atoms with Crippen LogP contribution in [-0.4, -0.2) is 29.4 Å². The van der Waals surface area contributed by atoms with Crippen LogP contribution in [0, 0.1) is 0 Å². The topological polar surface area (TPSA) is 58.6 Å². The van der Waals surface area contributed by atoms with E-state index in [-0.39, 0.29) is 25.0 Å². The van der Waals surface area contributed by atoms with Gasteiger partial charge in [-0.2, -0.15) is 0 Å². The molecule has 8 heteroatoms. The van der Waals surface area contributed by atoms with E-state index in [4.69, 9.17) is 39.5 Å². The number of para-hydroxylation sites is 1. The van der Waals surface area contributed by atoms with Gasteiger partial charge in [-0.1, -0.05) is 71.2 Å². The van der Waals surface area contributed by atoms with Gasteiger partial charge in [-0.15, -0.1) is 0 Å². The maximum Gasteiger partial charge on any atom is 0.261 e. The monoisotopic (exact) mass is 504 g/mol. The molecule has 0 unspecified atom stereocenters. The van der Waals surface area contributed by atoms with Gasteiger partial charge in [0.05, 0.1) is 5.02 Å². The van der Waals surface area contributed by atoms with Crippen LogP contribution in [0.3, 0.4) is 0 Å². The number of nitrogens with zero attached hydrogens (tertiary/aromatic N) is 1. The predicted molar refractivity (Wildman–Crippen MR) is 132 cm³/mol. The molecule has 0 fully saturated rings. The molecule has 3 aromatic rings. The Labute approximate surface area is 208 Å². The number of halogens is 3. The Balaban J connectivity index is 1.70. The molecule has 3 aromatic carbocycles. The summed E-state index contributed by atoms with van der Waals surface area (Å²) in [5.74, 6) is -0.233. The summed E-state index contributed by atoms with van der Waals surface area (Å²) in [6.07, 6.45) is 0. The molecule has 5 nitrogen and oxygen atoms in total. The second-order valence-electron chi connectivity index (χ2n) is 7.39. The number of carbonyl (C=O) groups is 2. The molecule has 0 aliphatic rings. The maximum absolute atomic E-state index is 13.1.